The summed E-state index contributed by atoms with van der Waals surface area (Å²) in [5, 5.41) is 6.00. The molecule has 8 heteroatoms. The molecule has 0 unspecified atom stereocenters. The molecule has 0 bridgehead atoms. The van der Waals surface area contributed by atoms with Gasteiger partial charge in [-0.1, -0.05) is 19.8 Å². The summed E-state index contributed by atoms with van der Waals surface area (Å²) in [6.07, 6.45) is 6.45. The molecule has 1 aromatic rings. The molecule has 33 heavy (non-hydrogen) atoms. The van der Waals surface area contributed by atoms with Crippen LogP contribution in [0.5, 0.6) is 11.5 Å². The Bertz CT molecular complexity index is 875. The van der Waals surface area contributed by atoms with Crippen LogP contribution in [0.15, 0.2) is 18.2 Å². The molecule has 8 nitrogen and oxygen atoms in total. The molecule has 180 valence electrons. The minimum Gasteiger partial charge on any atom is -0.454 e. The van der Waals surface area contributed by atoms with E-state index in [4.69, 9.17) is 9.47 Å². The van der Waals surface area contributed by atoms with Crippen LogP contribution in [0.4, 0.5) is 0 Å². The molecule has 1 saturated heterocycles. The van der Waals surface area contributed by atoms with Crippen molar-refractivity contribution < 1.29 is 23.9 Å². The number of likely N-dealkylation sites (tertiary alicyclic amines) is 1. The lowest BCUT2D eigenvalue weighted by atomic mass is 9.87. The summed E-state index contributed by atoms with van der Waals surface area (Å²) in [5.41, 5.74) is 0.425. The second-order valence-corrected chi connectivity index (χ2v) is 9.48. The number of rotatable bonds is 7. The fourth-order valence-corrected chi connectivity index (χ4v) is 4.98. The van der Waals surface area contributed by atoms with Gasteiger partial charge in [0, 0.05) is 30.6 Å². The van der Waals surface area contributed by atoms with Crippen LogP contribution in [0.25, 0.3) is 0 Å². The lowest BCUT2D eigenvalue weighted by molar-refractivity contribution is -0.137. The van der Waals surface area contributed by atoms with E-state index in [0.29, 0.717) is 43.0 Å². The number of carbonyl (C=O) groups excluding carboxylic acids is 3. The first-order valence-electron chi connectivity index (χ1n) is 12.3. The maximum Gasteiger partial charge on any atom is 0.252 e. The van der Waals surface area contributed by atoms with Gasteiger partial charge in [0.25, 0.3) is 5.91 Å². The monoisotopic (exact) mass is 457 g/mol. The van der Waals surface area contributed by atoms with E-state index in [2.05, 4.69) is 10.6 Å². The van der Waals surface area contributed by atoms with E-state index in [1.807, 2.05) is 18.7 Å². The van der Waals surface area contributed by atoms with Gasteiger partial charge in [0.05, 0.1) is 0 Å². The highest BCUT2D eigenvalue weighted by Crippen LogP contribution is 2.33. The highest BCUT2D eigenvalue weighted by atomic mass is 16.7. The maximum atomic E-state index is 13.1. The summed E-state index contributed by atoms with van der Waals surface area (Å²) < 4.78 is 10.7. The third-order valence-corrected chi connectivity index (χ3v) is 7.23. The number of piperidine rings is 1. The number of hydrogen-bond donors (Lipinski definition) is 2. The Morgan fingerprint density at radius 2 is 1.73 bits per heavy atom. The molecule has 2 heterocycles. The Balaban J connectivity index is 1.43. The Morgan fingerprint density at radius 3 is 2.42 bits per heavy atom. The van der Waals surface area contributed by atoms with Crippen molar-refractivity contribution in [3.63, 3.8) is 0 Å². The summed E-state index contributed by atoms with van der Waals surface area (Å²) >= 11 is 0. The van der Waals surface area contributed by atoms with Crippen LogP contribution in [0.1, 0.15) is 69.2 Å². The van der Waals surface area contributed by atoms with Crippen LogP contribution in [0.2, 0.25) is 0 Å². The van der Waals surface area contributed by atoms with Gasteiger partial charge < -0.3 is 25.0 Å². The van der Waals surface area contributed by atoms with Gasteiger partial charge in [0.15, 0.2) is 11.5 Å². The van der Waals surface area contributed by atoms with Crippen LogP contribution < -0.4 is 20.1 Å². The first-order valence-corrected chi connectivity index (χ1v) is 12.3. The second-order valence-electron chi connectivity index (χ2n) is 9.48. The Hall–Kier alpha value is -2.77. The van der Waals surface area contributed by atoms with Gasteiger partial charge in [-0.05, 0) is 63.1 Å². The number of benzene rings is 1. The quantitative estimate of drug-likeness (QED) is 0.656. The second kappa shape index (κ2) is 10.4. The van der Waals surface area contributed by atoms with Crippen molar-refractivity contribution in [3.05, 3.63) is 23.8 Å². The van der Waals surface area contributed by atoms with Crippen LogP contribution in [0.3, 0.4) is 0 Å². The van der Waals surface area contributed by atoms with Crippen molar-refractivity contribution in [2.45, 2.75) is 70.9 Å². The SMILES string of the molecule is CC[C@H](C)NC(=O)[C@@H](NC(=O)c1ccc2c(c1)OCO2)C1CCN(C(=O)C2CCCC2)CC1. The molecule has 1 saturated carbocycles. The molecule has 2 aliphatic heterocycles. The van der Waals surface area contributed by atoms with E-state index in [1.165, 1.54) is 0 Å². The predicted octanol–water partition coefficient (Wildman–Crippen LogP) is 2.86. The third-order valence-electron chi connectivity index (χ3n) is 7.23. The first-order chi connectivity index (χ1) is 16.0. The number of carbonyl (C=O) groups is 3. The van der Waals surface area contributed by atoms with E-state index in [-0.39, 0.29) is 42.4 Å². The topological polar surface area (TPSA) is 97.0 Å². The molecule has 2 atom stereocenters. The average molecular weight is 458 g/mol. The van der Waals surface area contributed by atoms with Crippen LogP contribution >= 0.6 is 0 Å². The van der Waals surface area contributed by atoms with E-state index < -0.39 is 6.04 Å². The van der Waals surface area contributed by atoms with Crippen LogP contribution in [0, 0.1) is 11.8 Å². The van der Waals surface area contributed by atoms with Gasteiger partial charge in [-0.25, -0.2) is 0 Å². The smallest absolute Gasteiger partial charge is 0.252 e. The minimum absolute atomic E-state index is 0.0199. The van der Waals surface area contributed by atoms with Gasteiger partial charge in [0.2, 0.25) is 18.6 Å². The normalized spacial score (nSPS) is 20.4. The lowest BCUT2D eigenvalue weighted by Crippen LogP contribution is -2.55. The summed E-state index contributed by atoms with van der Waals surface area (Å²) in [7, 11) is 0. The number of ether oxygens (including phenoxy) is 2. The minimum atomic E-state index is -0.652. The number of amides is 3. The van der Waals surface area contributed by atoms with E-state index in [9.17, 15) is 14.4 Å². The van der Waals surface area contributed by atoms with Gasteiger partial charge in [-0.15, -0.1) is 0 Å². The number of nitrogens with one attached hydrogen (secondary N) is 2. The molecule has 0 spiro atoms. The van der Waals surface area contributed by atoms with E-state index in [1.54, 1.807) is 18.2 Å². The number of fused-ring (bicyclic) bond motifs is 1. The molecule has 0 radical (unpaired) electrons. The fourth-order valence-electron chi connectivity index (χ4n) is 4.98. The highest BCUT2D eigenvalue weighted by molar-refractivity contribution is 5.98. The Labute approximate surface area is 195 Å². The molecule has 2 N–H and O–H groups in total. The Morgan fingerprint density at radius 1 is 1.03 bits per heavy atom. The van der Waals surface area contributed by atoms with Crippen molar-refractivity contribution >= 4 is 17.7 Å². The number of hydrogen-bond acceptors (Lipinski definition) is 5. The van der Waals surface area contributed by atoms with Gasteiger partial charge >= 0.3 is 0 Å². The molecule has 4 rings (SSSR count). The molecule has 0 aromatic heterocycles. The van der Waals surface area contributed by atoms with Crippen molar-refractivity contribution in [2.24, 2.45) is 11.8 Å². The van der Waals surface area contributed by atoms with E-state index in [0.717, 1.165) is 32.1 Å². The third kappa shape index (κ3) is 5.42. The van der Waals surface area contributed by atoms with Crippen molar-refractivity contribution in [3.8, 4) is 11.5 Å². The standard InChI is InChI=1S/C25H35N3O5/c1-3-16(2)26-24(30)22(27-23(29)19-8-9-20-21(14-19)33-15-32-20)17-10-12-28(13-11-17)25(31)18-6-4-5-7-18/h8-9,14,16-18,22H,3-7,10-13,15H2,1-2H3,(H,26,30)(H,27,29)/t16-,22-/m0/s1. The predicted molar refractivity (Wildman–Crippen MR) is 123 cm³/mol. The summed E-state index contributed by atoms with van der Waals surface area (Å²) in [6.45, 7) is 5.37. The average Bonchev–Trinajstić information content (AvgIpc) is 3.53. The van der Waals surface area contributed by atoms with Crippen LogP contribution in [-0.2, 0) is 9.59 Å². The first kappa shape index (κ1) is 23.4. The molecular weight excluding hydrogens is 422 g/mol. The molecule has 1 aromatic carbocycles. The van der Waals surface area contributed by atoms with Gasteiger partial charge in [-0.3, -0.25) is 14.4 Å². The molecular formula is C25H35N3O5. The largest absolute Gasteiger partial charge is 0.454 e. The van der Waals surface area contributed by atoms with Gasteiger partial charge in [-0.2, -0.15) is 0 Å². The zero-order valence-corrected chi connectivity index (χ0v) is 19.6. The van der Waals surface area contributed by atoms with Crippen molar-refractivity contribution in [1.29, 1.82) is 0 Å². The van der Waals surface area contributed by atoms with Crippen LogP contribution in [-0.4, -0.2) is 54.6 Å². The Kier molecular flexibility index (Phi) is 7.40. The number of nitrogens with zero attached hydrogens (tertiary/aromatic N) is 1. The molecule has 2 fully saturated rings. The van der Waals surface area contributed by atoms with Crippen molar-refractivity contribution in [1.82, 2.24) is 15.5 Å². The molecule has 3 aliphatic rings. The zero-order chi connectivity index (χ0) is 23.4. The molecule has 1 aliphatic carbocycles. The highest BCUT2D eigenvalue weighted by Gasteiger charge is 2.36. The molecule has 3 amide bonds. The van der Waals surface area contributed by atoms with Crippen molar-refractivity contribution in [2.75, 3.05) is 19.9 Å². The summed E-state index contributed by atoms with van der Waals surface area (Å²) in [6, 6.07) is 4.39. The summed E-state index contributed by atoms with van der Waals surface area (Å²) in [5.74, 6) is 1.05. The lowest BCUT2D eigenvalue weighted by Gasteiger charge is -2.37. The summed E-state index contributed by atoms with van der Waals surface area (Å²) in [4.78, 5) is 41.0. The fraction of sp³-hybridized carbons (Fsp3) is 0.640. The van der Waals surface area contributed by atoms with E-state index >= 15 is 0 Å². The zero-order valence-electron chi connectivity index (χ0n) is 19.6. The maximum absolute atomic E-state index is 13.1. The van der Waals surface area contributed by atoms with Gasteiger partial charge in [0.1, 0.15) is 6.04 Å².